The first-order valence-electron chi connectivity index (χ1n) is 14.6. The average Bonchev–Trinajstić information content (AvgIpc) is 3.71. The van der Waals surface area contributed by atoms with Crippen LogP contribution < -0.4 is 5.69 Å². The maximum atomic E-state index is 14.4. The fourth-order valence-electron chi connectivity index (χ4n) is 6.66. The topological polar surface area (TPSA) is 85.1 Å². The number of hydrogen-bond donors (Lipinski definition) is 0. The lowest BCUT2D eigenvalue weighted by molar-refractivity contribution is -0.524. The van der Waals surface area contributed by atoms with Gasteiger partial charge >= 0.3 is 30.7 Å². The van der Waals surface area contributed by atoms with Gasteiger partial charge in [0.05, 0.1) is 40.0 Å². The van der Waals surface area contributed by atoms with E-state index < -0.39 is 17.4 Å². The van der Waals surface area contributed by atoms with E-state index in [2.05, 4.69) is 25.4 Å². The molecule has 1 aliphatic carbocycles. The number of likely N-dealkylation sites (tertiary alicyclic amines) is 1. The third-order valence-corrected chi connectivity index (χ3v) is 9.03. The van der Waals surface area contributed by atoms with Crippen molar-refractivity contribution in [2.45, 2.75) is 56.8 Å². The van der Waals surface area contributed by atoms with Crippen LogP contribution in [0.25, 0.3) is 11.2 Å². The van der Waals surface area contributed by atoms with Gasteiger partial charge < -0.3 is 0 Å². The lowest BCUT2D eigenvalue weighted by Gasteiger charge is -2.34. The number of rotatable bonds is 7. The van der Waals surface area contributed by atoms with Crippen molar-refractivity contribution in [1.82, 2.24) is 13.9 Å². The fraction of sp³-hybridized carbons (Fsp3) is 0.433. The minimum atomic E-state index is -4.63. The highest BCUT2D eigenvalue weighted by atomic mass is 19.4. The van der Waals surface area contributed by atoms with Gasteiger partial charge in [-0.25, -0.2) is 13.9 Å². The molecule has 3 aliphatic heterocycles. The molecule has 1 saturated carbocycles. The van der Waals surface area contributed by atoms with Gasteiger partial charge in [-0.1, -0.05) is 18.6 Å². The highest BCUT2D eigenvalue weighted by Gasteiger charge is 2.42. The molecule has 2 aromatic heterocycles. The van der Waals surface area contributed by atoms with Crippen molar-refractivity contribution >= 4 is 18.2 Å². The van der Waals surface area contributed by atoms with Gasteiger partial charge in [0.15, 0.2) is 0 Å². The molecule has 43 heavy (non-hydrogen) atoms. The van der Waals surface area contributed by atoms with Crippen LogP contribution in [0.2, 0.25) is 0 Å². The van der Waals surface area contributed by atoms with E-state index in [1.54, 1.807) is 31.6 Å². The molecule has 2 radical (unpaired) electrons. The number of imidazole rings is 1. The summed E-state index contributed by atoms with van der Waals surface area (Å²) < 4.78 is 49.5. The Balaban J connectivity index is 1.24. The van der Waals surface area contributed by atoms with E-state index in [1.807, 2.05) is 34.4 Å². The van der Waals surface area contributed by atoms with Crippen LogP contribution in [0.15, 0.2) is 68.0 Å². The van der Waals surface area contributed by atoms with Gasteiger partial charge in [0.2, 0.25) is 0 Å². The van der Waals surface area contributed by atoms with Gasteiger partial charge in [0.1, 0.15) is 6.04 Å². The molecule has 1 saturated heterocycles. The zero-order valence-electron chi connectivity index (χ0n) is 23.7. The minimum absolute atomic E-state index is 0.0160. The molecular weight excluding hydrogens is 559 g/mol. The number of alkyl halides is 3. The van der Waals surface area contributed by atoms with E-state index in [0.29, 0.717) is 30.3 Å². The molecule has 0 spiro atoms. The highest BCUT2D eigenvalue weighted by Crippen LogP contribution is 2.46. The molecular formula is C30H32F3N9O+2. The summed E-state index contributed by atoms with van der Waals surface area (Å²) >= 11 is 0. The van der Waals surface area contributed by atoms with Crippen LogP contribution in [-0.4, -0.2) is 61.9 Å². The maximum Gasteiger partial charge on any atom is 0.418 e. The molecule has 3 aromatic rings. The summed E-state index contributed by atoms with van der Waals surface area (Å²) in [5.74, 6) is 0.375. The number of benzene rings is 1. The van der Waals surface area contributed by atoms with Crippen LogP contribution in [0, 0.1) is 18.8 Å². The first-order valence-corrected chi connectivity index (χ1v) is 14.6. The number of likely N-dealkylation sites (N-methyl/N-ethyl adjacent to an activating group) is 1. The summed E-state index contributed by atoms with van der Waals surface area (Å²) in [6.07, 6.45) is 7.51. The molecule has 4 aliphatic rings. The van der Waals surface area contributed by atoms with Gasteiger partial charge in [0.25, 0.3) is 6.67 Å². The average molecular weight is 592 g/mol. The standard InChI is InChI=1S/C30H32F3N9O/c1-38-17-36-37-28(38)27(21-5-2-6-21)22-7-3-8-23(12-22)41-16-26-25(30(31,32)33)11-20(14-42(26)29(41)43)13-39-10-4-9-24(15-39)40-18-34-35-19-40/h3,7-8,11-12,14,16-19,21,24,27H,2,4-6,9-10,13,15H2,1H3/q+2/t24?,27-/m1/s1. The number of piperidine rings is 1. The van der Waals surface area contributed by atoms with Gasteiger partial charge in [-0.3, -0.25) is 13.9 Å². The normalized spacial score (nSPS) is 22.3. The van der Waals surface area contributed by atoms with Gasteiger partial charge in [-0.2, -0.15) is 13.2 Å². The Morgan fingerprint density at radius 1 is 1.05 bits per heavy atom. The van der Waals surface area contributed by atoms with Crippen molar-refractivity contribution in [3.8, 4) is 5.69 Å². The maximum absolute atomic E-state index is 14.4. The molecule has 0 amide bonds. The Kier molecular flexibility index (Phi) is 7.07. The first-order chi connectivity index (χ1) is 20.8. The Morgan fingerprint density at radius 2 is 1.91 bits per heavy atom. The number of fused-ring (bicyclic) bond motifs is 1. The van der Waals surface area contributed by atoms with E-state index in [-0.39, 0.29) is 17.5 Å². The smallest absolute Gasteiger partial charge is 0.295 e. The lowest BCUT2D eigenvalue weighted by atomic mass is 9.71. The quantitative estimate of drug-likeness (QED) is 0.354. The predicted octanol–water partition coefficient (Wildman–Crippen LogP) is 5.21. The molecule has 0 bridgehead atoms. The molecule has 1 aromatic carbocycles. The number of nitrogens with zero attached hydrogens (tertiary/aromatic N) is 9. The number of hydrogen-bond acceptors (Lipinski definition) is 6. The molecule has 2 atom stereocenters. The third kappa shape index (κ3) is 5.23. The summed E-state index contributed by atoms with van der Waals surface area (Å²) in [5.41, 5.74) is 0.377. The molecule has 1 unspecified atom stereocenters. The second-order valence-corrected chi connectivity index (χ2v) is 11.8. The number of aromatic nitrogens is 2. The SMILES string of the molecule is C[N+]1=CN=N[C]1[C@@H](c1cccc(-n2cc3c(C(F)(F)F)cc(CN4CCCC([N+]5=CN=N[CH]5)C4)cn3c2=O)c1)C1CCC1. The van der Waals surface area contributed by atoms with Crippen LogP contribution in [0.3, 0.4) is 0 Å². The van der Waals surface area contributed by atoms with Gasteiger partial charge in [-0.15, -0.1) is 0 Å². The summed E-state index contributed by atoms with van der Waals surface area (Å²) in [5, 5.41) is 16.2. The van der Waals surface area contributed by atoms with Crippen molar-refractivity contribution in [3.05, 3.63) is 82.7 Å². The predicted molar refractivity (Wildman–Crippen MR) is 152 cm³/mol. The zero-order chi connectivity index (χ0) is 29.7. The highest BCUT2D eigenvalue weighted by molar-refractivity contribution is 5.58. The number of halogens is 3. The largest absolute Gasteiger partial charge is 0.418 e. The Bertz CT molecular complexity index is 1730. The molecule has 10 nitrogen and oxygen atoms in total. The molecule has 7 rings (SSSR count). The molecule has 13 heteroatoms. The summed E-state index contributed by atoms with van der Waals surface area (Å²) in [4.78, 5) is 15.8. The molecule has 222 valence electrons. The van der Waals surface area contributed by atoms with E-state index in [4.69, 9.17) is 0 Å². The van der Waals surface area contributed by atoms with E-state index in [1.165, 1.54) is 16.8 Å². The van der Waals surface area contributed by atoms with Crippen LogP contribution >= 0.6 is 0 Å². The summed E-state index contributed by atoms with van der Waals surface area (Å²) in [6.45, 7) is 3.38. The van der Waals surface area contributed by atoms with E-state index >= 15 is 0 Å². The first kappa shape index (κ1) is 27.8. The van der Waals surface area contributed by atoms with Crippen LogP contribution in [-0.2, 0) is 12.7 Å². The number of azo groups is 2. The van der Waals surface area contributed by atoms with Crippen LogP contribution in [0.5, 0.6) is 0 Å². The van der Waals surface area contributed by atoms with Crippen LogP contribution in [0.1, 0.15) is 54.7 Å². The summed E-state index contributed by atoms with van der Waals surface area (Å²) in [6, 6.07) is 8.82. The third-order valence-electron chi connectivity index (χ3n) is 9.03. The Labute approximate surface area is 246 Å². The monoisotopic (exact) mass is 591 g/mol. The van der Waals surface area contributed by atoms with Crippen molar-refractivity contribution in [3.63, 3.8) is 0 Å². The number of pyridine rings is 1. The Hall–Kier alpha value is -4.00. The molecule has 5 heterocycles. The lowest BCUT2D eigenvalue weighted by Crippen LogP contribution is -2.42. The second-order valence-electron chi connectivity index (χ2n) is 11.8. The molecule has 2 fully saturated rings. The molecule has 0 N–H and O–H groups in total. The second kappa shape index (κ2) is 10.9. The van der Waals surface area contributed by atoms with Crippen molar-refractivity contribution in [2.24, 2.45) is 26.4 Å². The van der Waals surface area contributed by atoms with Crippen molar-refractivity contribution in [2.75, 3.05) is 20.1 Å². The van der Waals surface area contributed by atoms with E-state index in [9.17, 15) is 18.0 Å². The van der Waals surface area contributed by atoms with Crippen LogP contribution in [0.4, 0.5) is 13.2 Å². The van der Waals surface area contributed by atoms with Crippen molar-refractivity contribution < 1.29 is 22.3 Å². The van der Waals surface area contributed by atoms with Gasteiger partial charge in [0, 0.05) is 25.5 Å². The summed E-state index contributed by atoms with van der Waals surface area (Å²) in [7, 11) is 1.91. The minimum Gasteiger partial charge on any atom is -0.295 e. The Morgan fingerprint density at radius 3 is 2.60 bits per heavy atom. The van der Waals surface area contributed by atoms with Gasteiger partial charge in [-0.05, 0) is 77.7 Å². The van der Waals surface area contributed by atoms with E-state index in [0.717, 1.165) is 54.8 Å². The fourth-order valence-corrected chi connectivity index (χ4v) is 6.66. The zero-order valence-corrected chi connectivity index (χ0v) is 23.7. The van der Waals surface area contributed by atoms with Crippen molar-refractivity contribution in [1.29, 1.82) is 0 Å².